The predicted octanol–water partition coefficient (Wildman–Crippen LogP) is 4.34. The summed E-state index contributed by atoms with van der Waals surface area (Å²) in [4.78, 5) is 11.6. The molecule has 0 bridgehead atoms. The third-order valence-corrected chi connectivity index (χ3v) is 10.1. The van der Waals surface area contributed by atoms with E-state index in [-0.39, 0.29) is 29.0 Å². The Bertz CT molecular complexity index is 659. The quantitative estimate of drug-likeness (QED) is 0.542. The Morgan fingerprint density at radius 3 is 2.45 bits per heavy atom. The van der Waals surface area contributed by atoms with E-state index in [9.17, 15) is 15.0 Å². The molecule has 4 saturated carbocycles. The Labute approximate surface area is 176 Å². The van der Waals surface area contributed by atoms with Crippen molar-refractivity contribution >= 4 is 5.97 Å². The van der Waals surface area contributed by atoms with Crippen LogP contribution < -0.4 is 0 Å². The van der Waals surface area contributed by atoms with Gasteiger partial charge in [-0.3, -0.25) is 0 Å². The highest BCUT2D eigenvalue weighted by molar-refractivity contribution is 5.81. The summed E-state index contributed by atoms with van der Waals surface area (Å²) in [6, 6.07) is 0. The number of methoxy groups -OCH3 is 1. The molecule has 4 aliphatic rings. The summed E-state index contributed by atoms with van der Waals surface area (Å²) in [5, 5.41) is 21.5. The summed E-state index contributed by atoms with van der Waals surface area (Å²) in [6.07, 6.45) is 11.8. The summed E-state index contributed by atoms with van der Waals surface area (Å²) in [6.45, 7) is 7.16. The predicted molar refractivity (Wildman–Crippen MR) is 113 cm³/mol. The molecule has 2 N–H and O–H groups in total. The zero-order valence-electron chi connectivity index (χ0n) is 18.6. The molecule has 29 heavy (non-hydrogen) atoms. The number of aliphatic hydroxyl groups excluding tert-OH is 2. The highest BCUT2D eigenvalue weighted by Gasteiger charge is 2.62. The molecule has 0 aromatic rings. The van der Waals surface area contributed by atoms with E-state index in [0.29, 0.717) is 35.5 Å². The Balaban J connectivity index is 1.56. The molecule has 4 heteroatoms. The smallest absolute Gasteiger partial charge is 0.330 e. The zero-order valence-corrected chi connectivity index (χ0v) is 18.6. The average Bonchev–Trinajstić information content (AvgIpc) is 3.04. The lowest BCUT2D eigenvalue weighted by Gasteiger charge is -2.62. The van der Waals surface area contributed by atoms with Gasteiger partial charge in [-0.1, -0.05) is 26.8 Å². The second kappa shape index (κ2) is 7.67. The first kappa shape index (κ1) is 21.4. The van der Waals surface area contributed by atoms with Gasteiger partial charge >= 0.3 is 5.97 Å². The molecule has 4 rings (SSSR count). The summed E-state index contributed by atoms with van der Waals surface area (Å²) >= 11 is 0. The fourth-order valence-electron chi connectivity index (χ4n) is 8.54. The van der Waals surface area contributed by atoms with E-state index in [1.165, 1.54) is 32.8 Å². The standard InChI is InChI=1S/C25H40O4/c1-15(5-8-22(28)29-4)18-6-7-19-23-20(10-12-25(18,19)3)24(2)11-9-17(26)13-16(24)14-21(23)27/h5,8,15-21,23,26-27H,6-7,9-14H2,1-4H3/b8-5+/t15-,16?,17-,18?,19+,20+,21-,23+,24?,25?/m1/s1. The molecule has 0 radical (unpaired) electrons. The van der Waals surface area contributed by atoms with Crippen LogP contribution in [0.5, 0.6) is 0 Å². The monoisotopic (exact) mass is 404 g/mol. The number of carbonyl (C=O) groups is 1. The molecule has 0 saturated heterocycles. The summed E-state index contributed by atoms with van der Waals surface area (Å²) < 4.78 is 4.77. The number of hydrogen-bond donors (Lipinski definition) is 2. The molecular weight excluding hydrogens is 364 g/mol. The van der Waals surface area contributed by atoms with Gasteiger partial charge in [0.1, 0.15) is 0 Å². The third-order valence-electron chi connectivity index (χ3n) is 10.1. The Kier molecular flexibility index (Phi) is 5.65. The van der Waals surface area contributed by atoms with Gasteiger partial charge in [0.2, 0.25) is 0 Å². The van der Waals surface area contributed by atoms with Crippen LogP contribution in [0.3, 0.4) is 0 Å². The minimum absolute atomic E-state index is 0.177. The SMILES string of the molecule is COC(=O)/C=C/[C@@H](C)C1CC[C@H]2[C@@H]3[C@H](O)CC4C[C@H](O)CCC4(C)[C@H]3CCC12C. The lowest BCUT2D eigenvalue weighted by Crippen LogP contribution is -2.58. The highest BCUT2D eigenvalue weighted by atomic mass is 16.5. The van der Waals surface area contributed by atoms with Gasteiger partial charge in [-0.2, -0.15) is 0 Å². The normalized spacial score (nSPS) is 50.5. The van der Waals surface area contributed by atoms with Gasteiger partial charge in [-0.05, 0) is 97.7 Å². The van der Waals surface area contributed by atoms with Crippen LogP contribution in [0.2, 0.25) is 0 Å². The first-order chi connectivity index (χ1) is 13.7. The lowest BCUT2D eigenvalue weighted by atomic mass is 9.43. The van der Waals surface area contributed by atoms with Gasteiger partial charge in [0.05, 0.1) is 19.3 Å². The van der Waals surface area contributed by atoms with Crippen LogP contribution in [0.4, 0.5) is 0 Å². The van der Waals surface area contributed by atoms with Crippen molar-refractivity contribution in [1.82, 2.24) is 0 Å². The largest absolute Gasteiger partial charge is 0.466 e. The maximum atomic E-state index is 11.6. The number of aliphatic hydroxyl groups is 2. The van der Waals surface area contributed by atoms with E-state index in [1.54, 1.807) is 6.08 Å². The van der Waals surface area contributed by atoms with E-state index in [1.807, 2.05) is 6.08 Å². The Morgan fingerprint density at radius 1 is 1.03 bits per heavy atom. The molecule has 4 fully saturated rings. The van der Waals surface area contributed by atoms with Crippen molar-refractivity contribution < 1.29 is 19.7 Å². The molecule has 4 nitrogen and oxygen atoms in total. The number of esters is 1. The van der Waals surface area contributed by atoms with Crippen LogP contribution in [-0.2, 0) is 9.53 Å². The van der Waals surface area contributed by atoms with Crippen molar-refractivity contribution in [3.8, 4) is 0 Å². The summed E-state index contributed by atoms with van der Waals surface area (Å²) in [5.41, 5.74) is 0.512. The molecular formula is C25H40O4. The topological polar surface area (TPSA) is 66.8 Å². The van der Waals surface area contributed by atoms with Crippen LogP contribution in [0.25, 0.3) is 0 Å². The van der Waals surface area contributed by atoms with Crippen molar-refractivity contribution in [2.75, 3.05) is 7.11 Å². The van der Waals surface area contributed by atoms with Gasteiger partial charge in [0.25, 0.3) is 0 Å². The second-order valence-electron chi connectivity index (χ2n) is 11.2. The number of allylic oxidation sites excluding steroid dienone is 1. The van der Waals surface area contributed by atoms with Gasteiger partial charge in [0, 0.05) is 6.08 Å². The molecule has 0 amide bonds. The average molecular weight is 405 g/mol. The fraction of sp³-hybridized carbons (Fsp3) is 0.880. The number of fused-ring (bicyclic) bond motifs is 5. The van der Waals surface area contributed by atoms with E-state index in [4.69, 9.17) is 4.74 Å². The molecule has 0 spiro atoms. The van der Waals surface area contributed by atoms with Gasteiger partial charge < -0.3 is 14.9 Å². The van der Waals surface area contributed by atoms with Crippen molar-refractivity contribution in [2.24, 2.45) is 46.3 Å². The molecule has 0 aromatic heterocycles. The van der Waals surface area contributed by atoms with Crippen molar-refractivity contribution in [3.63, 3.8) is 0 Å². The number of ether oxygens (including phenoxy) is 1. The molecule has 0 aromatic carbocycles. The zero-order chi connectivity index (χ0) is 21.0. The van der Waals surface area contributed by atoms with Crippen LogP contribution in [0.15, 0.2) is 12.2 Å². The van der Waals surface area contributed by atoms with Gasteiger partial charge in [-0.25, -0.2) is 4.79 Å². The summed E-state index contributed by atoms with van der Waals surface area (Å²) in [5.74, 6) is 2.63. The van der Waals surface area contributed by atoms with Crippen LogP contribution in [0.1, 0.15) is 72.1 Å². The van der Waals surface area contributed by atoms with Crippen molar-refractivity contribution in [2.45, 2.75) is 84.3 Å². The number of rotatable bonds is 3. The fourth-order valence-corrected chi connectivity index (χ4v) is 8.54. The lowest BCUT2D eigenvalue weighted by molar-refractivity contribution is -0.173. The Hall–Kier alpha value is -0.870. The van der Waals surface area contributed by atoms with E-state index in [2.05, 4.69) is 20.8 Å². The molecule has 4 aliphatic carbocycles. The minimum Gasteiger partial charge on any atom is -0.466 e. The van der Waals surface area contributed by atoms with Crippen LogP contribution in [0, 0.1) is 46.3 Å². The van der Waals surface area contributed by atoms with Crippen molar-refractivity contribution in [3.05, 3.63) is 12.2 Å². The first-order valence-electron chi connectivity index (χ1n) is 11.8. The van der Waals surface area contributed by atoms with Gasteiger partial charge in [0.15, 0.2) is 0 Å². The van der Waals surface area contributed by atoms with E-state index >= 15 is 0 Å². The van der Waals surface area contributed by atoms with E-state index < -0.39 is 0 Å². The third kappa shape index (κ3) is 3.39. The molecule has 4 unspecified atom stereocenters. The van der Waals surface area contributed by atoms with Gasteiger partial charge in [-0.15, -0.1) is 0 Å². The van der Waals surface area contributed by atoms with E-state index in [0.717, 1.165) is 25.7 Å². The minimum atomic E-state index is -0.276. The molecule has 10 atom stereocenters. The van der Waals surface area contributed by atoms with Crippen LogP contribution >= 0.6 is 0 Å². The highest BCUT2D eigenvalue weighted by Crippen LogP contribution is 2.68. The molecule has 0 aliphatic heterocycles. The first-order valence-corrected chi connectivity index (χ1v) is 11.8. The second-order valence-corrected chi connectivity index (χ2v) is 11.2. The maximum Gasteiger partial charge on any atom is 0.330 e. The Morgan fingerprint density at radius 2 is 1.72 bits per heavy atom. The number of hydrogen-bond acceptors (Lipinski definition) is 4. The van der Waals surface area contributed by atoms with Crippen molar-refractivity contribution in [1.29, 1.82) is 0 Å². The van der Waals surface area contributed by atoms with Crippen LogP contribution in [-0.4, -0.2) is 35.5 Å². The number of carbonyl (C=O) groups excluding carboxylic acids is 1. The molecule has 0 heterocycles. The maximum absolute atomic E-state index is 11.6. The summed E-state index contributed by atoms with van der Waals surface area (Å²) in [7, 11) is 1.42. The molecule has 164 valence electrons.